The number of nitrogens with one attached hydrogen (secondary N) is 1. The fourth-order valence-electron chi connectivity index (χ4n) is 2.88. The summed E-state index contributed by atoms with van der Waals surface area (Å²) in [4.78, 5) is 2.24. The first-order chi connectivity index (χ1) is 8.63. The van der Waals surface area contributed by atoms with Crippen LogP contribution < -0.4 is 5.32 Å². The molecular formula is C12H25N3O2S. The van der Waals surface area contributed by atoms with Gasteiger partial charge in [-0.2, -0.15) is 4.31 Å². The lowest BCUT2D eigenvalue weighted by Crippen LogP contribution is -2.46. The third-order valence-corrected chi connectivity index (χ3v) is 5.92. The van der Waals surface area contributed by atoms with Crippen molar-refractivity contribution in [3.8, 4) is 0 Å². The normalized spacial score (nSPS) is 27.7. The first kappa shape index (κ1) is 14.2. The van der Waals surface area contributed by atoms with E-state index in [1.54, 1.807) is 4.31 Å². The van der Waals surface area contributed by atoms with Crippen LogP contribution in [-0.4, -0.2) is 68.7 Å². The van der Waals surface area contributed by atoms with Crippen LogP contribution in [0.3, 0.4) is 0 Å². The molecule has 2 fully saturated rings. The Morgan fingerprint density at radius 1 is 1.22 bits per heavy atom. The van der Waals surface area contributed by atoms with Crippen molar-refractivity contribution in [3.63, 3.8) is 0 Å². The lowest BCUT2D eigenvalue weighted by atomic mass is 10.2. The minimum absolute atomic E-state index is 0.248. The molecule has 1 unspecified atom stereocenters. The largest absolute Gasteiger partial charge is 0.314 e. The van der Waals surface area contributed by atoms with E-state index in [1.807, 2.05) is 0 Å². The van der Waals surface area contributed by atoms with Crippen molar-refractivity contribution in [3.05, 3.63) is 0 Å². The van der Waals surface area contributed by atoms with Crippen molar-refractivity contribution in [2.75, 3.05) is 45.0 Å². The van der Waals surface area contributed by atoms with Gasteiger partial charge in [0.05, 0.1) is 5.75 Å². The van der Waals surface area contributed by atoms with Crippen molar-refractivity contribution >= 4 is 10.0 Å². The lowest BCUT2D eigenvalue weighted by Gasteiger charge is -2.29. The molecule has 2 aliphatic rings. The van der Waals surface area contributed by atoms with Crippen LogP contribution in [0.25, 0.3) is 0 Å². The van der Waals surface area contributed by atoms with Gasteiger partial charge in [0.25, 0.3) is 0 Å². The Kier molecular flexibility index (Phi) is 5.00. The Labute approximate surface area is 111 Å². The summed E-state index contributed by atoms with van der Waals surface area (Å²) in [6.07, 6.45) is 2.99. The highest BCUT2D eigenvalue weighted by Crippen LogP contribution is 2.23. The van der Waals surface area contributed by atoms with Crippen molar-refractivity contribution in [1.29, 1.82) is 0 Å². The predicted octanol–water partition coefficient (Wildman–Crippen LogP) is 0.0958. The van der Waals surface area contributed by atoms with Crippen LogP contribution in [0.2, 0.25) is 0 Å². The fraction of sp³-hybridized carbons (Fsp3) is 1.00. The molecule has 1 atom stereocenters. The Morgan fingerprint density at radius 2 is 1.94 bits per heavy atom. The van der Waals surface area contributed by atoms with Gasteiger partial charge in [-0.05, 0) is 19.3 Å². The molecule has 1 N–H and O–H groups in total. The summed E-state index contributed by atoms with van der Waals surface area (Å²) >= 11 is 0. The molecule has 2 heterocycles. The maximum absolute atomic E-state index is 12.3. The van der Waals surface area contributed by atoms with Crippen LogP contribution in [0.1, 0.15) is 26.2 Å². The predicted molar refractivity (Wildman–Crippen MR) is 73.1 cm³/mol. The highest BCUT2D eigenvalue weighted by Gasteiger charge is 2.32. The minimum Gasteiger partial charge on any atom is -0.314 e. The summed E-state index contributed by atoms with van der Waals surface area (Å²) in [7, 11) is -3.05. The molecule has 0 radical (unpaired) electrons. The molecule has 5 nitrogen and oxygen atoms in total. The van der Waals surface area contributed by atoms with E-state index < -0.39 is 10.0 Å². The van der Waals surface area contributed by atoms with Crippen LogP contribution in [0.15, 0.2) is 0 Å². The Morgan fingerprint density at radius 3 is 2.61 bits per heavy atom. The number of hydrogen-bond donors (Lipinski definition) is 1. The summed E-state index contributed by atoms with van der Waals surface area (Å²) < 4.78 is 26.4. The smallest absolute Gasteiger partial charge is 0.215 e. The summed E-state index contributed by atoms with van der Waals surface area (Å²) in [6, 6.07) is 0.248. The Balaban J connectivity index is 1.86. The first-order valence-corrected chi connectivity index (χ1v) is 8.67. The van der Waals surface area contributed by atoms with Crippen LogP contribution in [-0.2, 0) is 10.0 Å². The summed E-state index contributed by atoms with van der Waals surface area (Å²) in [5, 5.41) is 3.28. The third-order valence-electron chi connectivity index (χ3n) is 4.03. The number of piperazine rings is 1. The van der Waals surface area contributed by atoms with E-state index in [4.69, 9.17) is 0 Å². The second-order valence-electron chi connectivity index (χ2n) is 5.22. The van der Waals surface area contributed by atoms with Crippen LogP contribution >= 0.6 is 0 Å². The standard InChI is InChI=1S/C12H25N3O2S/c1-2-12-4-3-7-15(12)18(16,17)11-10-14-8-5-13-6-9-14/h12-13H,2-11H2,1H3. The molecule has 18 heavy (non-hydrogen) atoms. The molecule has 0 saturated carbocycles. The van der Waals surface area contributed by atoms with Crippen molar-refractivity contribution < 1.29 is 8.42 Å². The topological polar surface area (TPSA) is 52.7 Å². The summed E-state index contributed by atoms with van der Waals surface area (Å²) in [5.74, 6) is 0.281. The van der Waals surface area contributed by atoms with Gasteiger partial charge >= 0.3 is 0 Å². The molecule has 0 spiro atoms. The van der Waals surface area contributed by atoms with Crippen molar-refractivity contribution in [2.24, 2.45) is 0 Å². The van der Waals surface area contributed by atoms with E-state index in [9.17, 15) is 8.42 Å². The van der Waals surface area contributed by atoms with Crippen molar-refractivity contribution in [2.45, 2.75) is 32.2 Å². The fourth-order valence-corrected chi connectivity index (χ4v) is 4.72. The maximum atomic E-state index is 12.3. The Hall–Kier alpha value is -0.170. The molecule has 2 saturated heterocycles. The molecule has 0 bridgehead atoms. The van der Waals surface area contributed by atoms with Gasteiger partial charge in [0, 0.05) is 45.3 Å². The van der Waals surface area contributed by atoms with E-state index in [0.717, 1.165) is 52.0 Å². The van der Waals surface area contributed by atoms with Crippen molar-refractivity contribution in [1.82, 2.24) is 14.5 Å². The van der Waals surface area contributed by atoms with Gasteiger partial charge in [-0.15, -0.1) is 0 Å². The zero-order valence-corrected chi connectivity index (χ0v) is 12.1. The second kappa shape index (κ2) is 6.32. The van der Waals surface area contributed by atoms with Gasteiger partial charge in [-0.25, -0.2) is 8.42 Å². The quantitative estimate of drug-likeness (QED) is 0.773. The summed E-state index contributed by atoms with van der Waals surface area (Å²) in [6.45, 7) is 7.36. The molecular weight excluding hydrogens is 250 g/mol. The zero-order valence-electron chi connectivity index (χ0n) is 11.3. The average Bonchev–Trinajstić information content (AvgIpc) is 2.87. The lowest BCUT2D eigenvalue weighted by molar-refractivity contribution is 0.252. The third kappa shape index (κ3) is 3.44. The molecule has 6 heteroatoms. The minimum atomic E-state index is -3.05. The van der Waals surface area contributed by atoms with Gasteiger partial charge in [0.15, 0.2) is 0 Å². The SMILES string of the molecule is CCC1CCCN1S(=O)(=O)CCN1CCNCC1. The molecule has 0 aliphatic carbocycles. The highest BCUT2D eigenvalue weighted by atomic mass is 32.2. The molecule has 2 aliphatic heterocycles. The van der Waals surface area contributed by atoms with Crippen LogP contribution in [0, 0.1) is 0 Å². The molecule has 106 valence electrons. The Bertz CT molecular complexity index is 352. The van der Waals surface area contributed by atoms with E-state index >= 15 is 0 Å². The van der Waals surface area contributed by atoms with E-state index in [0.29, 0.717) is 6.54 Å². The molecule has 0 aromatic heterocycles. The van der Waals surface area contributed by atoms with Gasteiger partial charge in [-0.1, -0.05) is 6.92 Å². The maximum Gasteiger partial charge on any atom is 0.215 e. The number of hydrogen-bond acceptors (Lipinski definition) is 4. The summed E-state index contributed by atoms with van der Waals surface area (Å²) in [5.41, 5.74) is 0. The van der Waals surface area contributed by atoms with Gasteiger partial charge in [-0.3, -0.25) is 4.90 Å². The molecule has 2 rings (SSSR count). The van der Waals surface area contributed by atoms with Crippen LogP contribution in [0.4, 0.5) is 0 Å². The van der Waals surface area contributed by atoms with Gasteiger partial charge < -0.3 is 5.32 Å². The molecule has 0 aromatic carbocycles. The number of rotatable bonds is 5. The molecule has 0 aromatic rings. The van der Waals surface area contributed by atoms with E-state index in [2.05, 4.69) is 17.1 Å². The zero-order chi connectivity index (χ0) is 13.0. The molecule has 0 amide bonds. The van der Waals surface area contributed by atoms with Crippen LogP contribution in [0.5, 0.6) is 0 Å². The number of sulfonamides is 1. The second-order valence-corrected chi connectivity index (χ2v) is 7.26. The average molecular weight is 275 g/mol. The monoisotopic (exact) mass is 275 g/mol. The van der Waals surface area contributed by atoms with E-state index in [1.165, 1.54) is 0 Å². The highest BCUT2D eigenvalue weighted by molar-refractivity contribution is 7.89. The van der Waals surface area contributed by atoms with E-state index in [-0.39, 0.29) is 11.8 Å². The number of nitrogens with zero attached hydrogens (tertiary/aromatic N) is 2. The first-order valence-electron chi connectivity index (χ1n) is 7.06. The van der Waals surface area contributed by atoms with Gasteiger partial charge in [0.1, 0.15) is 0 Å². The van der Waals surface area contributed by atoms with Gasteiger partial charge in [0.2, 0.25) is 10.0 Å².